The molecule has 7 heteroatoms. The molecule has 3 aromatic rings. The zero-order chi connectivity index (χ0) is 21.7. The molecule has 3 rings (SSSR count). The average Bonchev–Trinajstić information content (AvgIpc) is 2.75. The Morgan fingerprint density at radius 3 is 2.27 bits per heavy atom. The van der Waals surface area contributed by atoms with Crippen molar-refractivity contribution in [2.45, 2.75) is 18.2 Å². The van der Waals surface area contributed by atoms with E-state index < -0.39 is 15.7 Å². The minimum Gasteiger partial charge on any atom is -0.321 e. The van der Waals surface area contributed by atoms with E-state index in [1.807, 2.05) is 0 Å². The molecule has 1 N–H and O–H groups in total. The highest BCUT2D eigenvalue weighted by molar-refractivity contribution is 7.91. The second-order valence-electron chi connectivity index (χ2n) is 6.65. The van der Waals surface area contributed by atoms with Gasteiger partial charge in [0, 0.05) is 16.1 Å². The van der Waals surface area contributed by atoms with E-state index in [0.717, 1.165) is 0 Å². The maximum atomic E-state index is 13.0. The van der Waals surface area contributed by atoms with Crippen molar-refractivity contribution in [2.24, 2.45) is 0 Å². The van der Waals surface area contributed by atoms with Crippen LogP contribution in [0.5, 0.6) is 0 Å². The fourth-order valence-corrected chi connectivity index (χ4v) is 4.76. The lowest BCUT2D eigenvalue weighted by Gasteiger charge is -2.13. The highest BCUT2D eigenvalue weighted by atomic mass is 35.5. The van der Waals surface area contributed by atoms with E-state index in [1.54, 1.807) is 55.5 Å². The summed E-state index contributed by atoms with van der Waals surface area (Å²) in [6, 6.07) is 19.2. The van der Waals surface area contributed by atoms with Crippen LogP contribution >= 0.6 is 11.6 Å². The predicted molar refractivity (Wildman–Crippen MR) is 118 cm³/mol. The molecule has 0 saturated carbocycles. The van der Waals surface area contributed by atoms with Gasteiger partial charge in [0.2, 0.25) is 0 Å². The van der Waals surface area contributed by atoms with Crippen molar-refractivity contribution in [3.63, 3.8) is 0 Å². The molecular formula is C23H20ClNO4S. The van der Waals surface area contributed by atoms with Crippen LogP contribution in [0.25, 0.3) is 0 Å². The van der Waals surface area contributed by atoms with E-state index in [1.165, 1.54) is 24.3 Å². The second kappa shape index (κ2) is 9.24. The Labute approximate surface area is 180 Å². The highest BCUT2D eigenvalue weighted by Gasteiger charge is 2.23. The fraction of sp³-hybridized carbons (Fsp3) is 0.130. The van der Waals surface area contributed by atoms with Gasteiger partial charge in [-0.15, -0.1) is 0 Å². The van der Waals surface area contributed by atoms with Crippen molar-refractivity contribution in [2.75, 3.05) is 11.1 Å². The summed E-state index contributed by atoms with van der Waals surface area (Å²) >= 11 is 6.08. The number of anilines is 1. The van der Waals surface area contributed by atoms with Gasteiger partial charge in [0.05, 0.1) is 21.9 Å². The summed E-state index contributed by atoms with van der Waals surface area (Å²) in [5, 5.41) is 3.02. The Morgan fingerprint density at radius 2 is 1.57 bits per heavy atom. The van der Waals surface area contributed by atoms with Gasteiger partial charge in [0.15, 0.2) is 15.6 Å². The topological polar surface area (TPSA) is 80.3 Å². The Bertz CT molecular complexity index is 1190. The molecule has 0 aliphatic heterocycles. The van der Waals surface area contributed by atoms with Crippen molar-refractivity contribution < 1.29 is 18.0 Å². The zero-order valence-corrected chi connectivity index (χ0v) is 17.8. The van der Waals surface area contributed by atoms with E-state index in [-0.39, 0.29) is 33.2 Å². The second-order valence-corrected chi connectivity index (χ2v) is 9.17. The maximum absolute atomic E-state index is 13.0. The third-order valence-electron chi connectivity index (χ3n) is 4.45. The molecule has 0 unspecified atom stereocenters. The summed E-state index contributed by atoms with van der Waals surface area (Å²) < 4.78 is 25.1. The number of halogens is 1. The number of ketones is 1. The van der Waals surface area contributed by atoms with E-state index in [9.17, 15) is 18.0 Å². The first-order valence-electron chi connectivity index (χ1n) is 9.36. The molecule has 1 amide bonds. The van der Waals surface area contributed by atoms with Crippen molar-refractivity contribution in [3.05, 3.63) is 94.5 Å². The minimum absolute atomic E-state index is 0.0269. The van der Waals surface area contributed by atoms with Crippen molar-refractivity contribution in [1.82, 2.24) is 0 Å². The molecule has 0 radical (unpaired) electrons. The molecule has 154 valence electrons. The third-order valence-corrected chi connectivity index (χ3v) is 6.66. The first-order valence-corrected chi connectivity index (χ1v) is 11.4. The van der Waals surface area contributed by atoms with Gasteiger partial charge in [-0.05, 0) is 36.8 Å². The number of nitrogens with one attached hydrogen (secondary N) is 1. The van der Waals surface area contributed by atoms with Crippen LogP contribution in [0.1, 0.15) is 39.6 Å². The summed E-state index contributed by atoms with van der Waals surface area (Å²) in [5.74, 6) is -0.981. The van der Waals surface area contributed by atoms with Crippen LogP contribution in [0.2, 0.25) is 5.02 Å². The lowest BCUT2D eigenvalue weighted by molar-refractivity contribution is 0.102. The van der Waals surface area contributed by atoms with Crippen LogP contribution in [-0.4, -0.2) is 25.9 Å². The molecule has 0 fully saturated rings. The molecule has 0 aromatic heterocycles. The molecule has 0 heterocycles. The van der Waals surface area contributed by atoms with Crippen molar-refractivity contribution in [3.8, 4) is 0 Å². The molecule has 0 spiro atoms. The number of carbonyl (C=O) groups is 2. The third kappa shape index (κ3) is 4.78. The molecule has 0 bridgehead atoms. The van der Waals surface area contributed by atoms with Crippen LogP contribution < -0.4 is 5.32 Å². The number of benzene rings is 3. The first-order chi connectivity index (χ1) is 14.3. The maximum Gasteiger partial charge on any atom is 0.257 e. The van der Waals surface area contributed by atoms with E-state index in [0.29, 0.717) is 17.0 Å². The molecule has 0 aliphatic rings. The summed E-state index contributed by atoms with van der Waals surface area (Å²) in [5.41, 5.74) is 0.942. The van der Waals surface area contributed by atoms with Gasteiger partial charge < -0.3 is 5.32 Å². The average molecular weight is 442 g/mol. The van der Waals surface area contributed by atoms with Gasteiger partial charge in [-0.2, -0.15) is 0 Å². The standard InChI is InChI=1S/C23H20ClNO4S/c1-2-14-30(28,29)21-11-7-6-10-18(21)23(27)25-20-13-12-17(24)15-19(20)22(26)16-8-4-3-5-9-16/h3-13,15H,2,14H2,1H3,(H,25,27). The van der Waals surface area contributed by atoms with Gasteiger partial charge >= 0.3 is 0 Å². The molecule has 30 heavy (non-hydrogen) atoms. The Kier molecular flexibility index (Phi) is 6.70. The molecular weight excluding hydrogens is 422 g/mol. The first kappa shape index (κ1) is 21.7. The van der Waals surface area contributed by atoms with Gasteiger partial charge in [0.1, 0.15) is 0 Å². The predicted octanol–water partition coefficient (Wildman–Crippen LogP) is 5.01. The zero-order valence-electron chi connectivity index (χ0n) is 16.3. The number of rotatable bonds is 7. The van der Waals surface area contributed by atoms with Crippen molar-refractivity contribution >= 4 is 38.8 Å². The SMILES string of the molecule is CCCS(=O)(=O)c1ccccc1C(=O)Nc1ccc(Cl)cc1C(=O)c1ccccc1. The van der Waals surface area contributed by atoms with Crippen LogP contribution in [-0.2, 0) is 9.84 Å². The minimum atomic E-state index is -3.60. The molecule has 0 aliphatic carbocycles. The lowest BCUT2D eigenvalue weighted by Crippen LogP contribution is -2.19. The van der Waals surface area contributed by atoms with Gasteiger partial charge in [-0.25, -0.2) is 8.42 Å². The van der Waals surface area contributed by atoms with Crippen LogP contribution in [0.3, 0.4) is 0 Å². The van der Waals surface area contributed by atoms with Crippen molar-refractivity contribution in [1.29, 1.82) is 0 Å². The lowest BCUT2D eigenvalue weighted by atomic mass is 10.0. The quantitative estimate of drug-likeness (QED) is 0.523. The number of hydrogen-bond donors (Lipinski definition) is 1. The number of sulfone groups is 1. The van der Waals surface area contributed by atoms with Crippen LogP contribution in [0, 0.1) is 0 Å². The fourth-order valence-electron chi connectivity index (χ4n) is 3.05. The highest BCUT2D eigenvalue weighted by Crippen LogP contribution is 2.26. The normalized spacial score (nSPS) is 11.1. The largest absolute Gasteiger partial charge is 0.321 e. The van der Waals surface area contributed by atoms with E-state index >= 15 is 0 Å². The van der Waals surface area contributed by atoms with Crippen LogP contribution in [0.4, 0.5) is 5.69 Å². The number of hydrogen-bond acceptors (Lipinski definition) is 4. The van der Waals surface area contributed by atoms with Gasteiger partial charge in [-0.1, -0.05) is 61.0 Å². The van der Waals surface area contributed by atoms with Gasteiger partial charge in [0.25, 0.3) is 5.91 Å². The van der Waals surface area contributed by atoms with Gasteiger partial charge in [-0.3, -0.25) is 9.59 Å². The van der Waals surface area contributed by atoms with E-state index in [4.69, 9.17) is 11.6 Å². The molecule has 0 atom stereocenters. The summed E-state index contributed by atoms with van der Waals surface area (Å²) in [6.07, 6.45) is 0.436. The Hall–Kier alpha value is -2.96. The summed E-state index contributed by atoms with van der Waals surface area (Å²) in [6.45, 7) is 1.76. The van der Waals surface area contributed by atoms with Crippen LogP contribution in [0.15, 0.2) is 77.7 Å². The smallest absolute Gasteiger partial charge is 0.257 e. The Balaban J connectivity index is 1.99. The Morgan fingerprint density at radius 1 is 0.900 bits per heavy atom. The number of carbonyl (C=O) groups excluding carboxylic acids is 2. The van der Waals surface area contributed by atoms with E-state index in [2.05, 4.69) is 5.32 Å². The molecule has 3 aromatic carbocycles. The monoisotopic (exact) mass is 441 g/mol. The molecule has 0 saturated heterocycles. The molecule has 5 nitrogen and oxygen atoms in total. The summed E-state index contributed by atoms with van der Waals surface area (Å²) in [7, 11) is -3.60. The summed E-state index contributed by atoms with van der Waals surface area (Å²) in [4.78, 5) is 25.9. The number of amides is 1.